The lowest BCUT2D eigenvalue weighted by atomic mass is 9.75. The van der Waals surface area contributed by atoms with Crippen molar-refractivity contribution in [3.05, 3.63) is 34.9 Å². The molecule has 2 aliphatic rings. The summed E-state index contributed by atoms with van der Waals surface area (Å²) in [5, 5.41) is 0.0272. The highest BCUT2D eigenvalue weighted by atomic mass is 28.4. The molecule has 0 saturated heterocycles. The average Bonchev–Trinajstić information content (AvgIpc) is 2.60. The number of rotatable bonds is 4. The standard InChI is InChI=1S/C23H34O5Si/c1-14-12-17(26-7)19-18(13-14)27-23(5)15(20(19)24)10-11-16(25-6)21(23)28-29(8,9)22(2,3)4/h10,12-13,16,21H,11H2,1-9H3/t16-,21+,23+/m0/s1. The van der Waals surface area contributed by atoms with Crippen LogP contribution in [0.4, 0.5) is 0 Å². The van der Waals surface area contributed by atoms with Crippen LogP contribution < -0.4 is 9.47 Å². The van der Waals surface area contributed by atoms with Gasteiger partial charge in [-0.15, -0.1) is 0 Å². The van der Waals surface area contributed by atoms with Crippen molar-refractivity contribution in [2.75, 3.05) is 14.2 Å². The zero-order valence-electron chi connectivity index (χ0n) is 19.1. The van der Waals surface area contributed by atoms with E-state index in [4.69, 9.17) is 18.6 Å². The molecule has 3 rings (SSSR count). The van der Waals surface area contributed by atoms with Gasteiger partial charge >= 0.3 is 0 Å². The number of ketones is 1. The van der Waals surface area contributed by atoms with Crippen molar-refractivity contribution in [2.24, 2.45) is 0 Å². The number of hydrogen-bond donors (Lipinski definition) is 0. The summed E-state index contributed by atoms with van der Waals surface area (Å²) in [6, 6.07) is 3.77. The number of hydrogen-bond acceptors (Lipinski definition) is 5. The molecule has 0 unspecified atom stereocenters. The Bertz CT molecular complexity index is 852. The Kier molecular flexibility index (Phi) is 5.52. The molecular formula is C23H34O5Si. The van der Waals surface area contributed by atoms with Crippen molar-refractivity contribution in [1.29, 1.82) is 0 Å². The molecular weight excluding hydrogens is 384 g/mol. The van der Waals surface area contributed by atoms with Crippen LogP contribution in [0.25, 0.3) is 0 Å². The Morgan fingerprint density at radius 2 is 1.86 bits per heavy atom. The highest BCUT2D eigenvalue weighted by Gasteiger charge is 2.56. The largest absolute Gasteiger partial charge is 0.496 e. The van der Waals surface area contributed by atoms with Gasteiger partial charge in [-0.25, -0.2) is 0 Å². The fourth-order valence-corrected chi connectivity index (χ4v) is 5.32. The van der Waals surface area contributed by atoms with E-state index >= 15 is 0 Å². The lowest BCUT2D eigenvalue weighted by molar-refractivity contribution is -0.0954. The summed E-state index contributed by atoms with van der Waals surface area (Å²) in [6.45, 7) is 15.0. The number of aryl methyl sites for hydroxylation is 1. The van der Waals surface area contributed by atoms with Gasteiger partial charge in [0.1, 0.15) is 23.2 Å². The van der Waals surface area contributed by atoms with Gasteiger partial charge in [-0.2, -0.15) is 0 Å². The van der Waals surface area contributed by atoms with Crippen LogP contribution in [0.5, 0.6) is 11.5 Å². The second kappa shape index (κ2) is 7.25. The van der Waals surface area contributed by atoms with Crippen LogP contribution in [0.3, 0.4) is 0 Å². The number of carbonyl (C=O) groups is 1. The van der Waals surface area contributed by atoms with Gasteiger partial charge in [0.25, 0.3) is 0 Å². The Hall–Kier alpha value is -1.63. The third kappa shape index (κ3) is 3.55. The topological polar surface area (TPSA) is 54.0 Å². The van der Waals surface area contributed by atoms with E-state index in [0.717, 1.165) is 5.56 Å². The summed E-state index contributed by atoms with van der Waals surface area (Å²) < 4.78 is 24.7. The summed E-state index contributed by atoms with van der Waals surface area (Å²) in [6.07, 6.45) is 2.00. The van der Waals surface area contributed by atoms with Gasteiger partial charge in [-0.3, -0.25) is 4.79 Å². The highest BCUT2D eigenvalue weighted by Crippen LogP contribution is 2.49. The van der Waals surface area contributed by atoms with Crippen LogP contribution in [0.2, 0.25) is 18.1 Å². The van der Waals surface area contributed by atoms with Crippen molar-refractivity contribution < 1.29 is 23.4 Å². The fraction of sp³-hybridized carbons (Fsp3) is 0.609. The molecule has 1 heterocycles. The van der Waals surface area contributed by atoms with Crippen LogP contribution in [0.1, 0.15) is 50.0 Å². The van der Waals surface area contributed by atoms with Gasteiger partial charge in [-0.05, 0) is 56.1 Å². The van der Waals surface area contributed by atoms with E-state index in [1.54, 1.807) is 14.2 Å². The Morgan fingerprint density at radius 1 is 1.21 bits per heavy atom. The van der Waals surface area contributed by atoms with Gasteiger partial charge in [0.2, 0.25) is 0 Å². The molecule has 0 N–H and O–H groups in total. The van der Waals surface area contributed by atoms with Crippen molar-refractivity contribution in [3.63, 3.8) is 0 Å². The molecule has 0 saturated carbocycles. The molecule has 6 heteroatoms. The molecule has 1 aliphatic carbocycles. The minimum Gasteiger partial charge on any atom is -0.496 e. The number of benzene rings is 1. The number of Topliss-reactive ketones (excluding diaryl/α,β-unsaturated/α-hetero) is 1. The molecule has 0 aromatic heterocycles. The van der Waals surface area contributed by atoms with Crippen LogP contribution in [0, 0.1) is 6.92 Å². The van der Waals surface area contributed by atoms with Crippen LogP contribution in [-0.4, -0.2) is 46.1 Å². The molecule has 1 aromatic rings. The quantitative estimate of drug-likeness (QED) is 0.639. The molecule has 1 aromatic carbocycles. The van der Waals surface area contributed by atoms with Gasteiger partial charge in [0.15, 0.2) is 19.7 Å². The predicted octanol–water partition coefficient (Wildman–Crippen LogP) is 5.07. The maximum absolute atomic E-state index is 13.5. The summed E-state index contributed by atoms with van der Waals surface area (Å²) in [7, 11) is 1.13. The van der Waals surface area contributed by atoms with E-state index in [-0.39, 0.29) is 23.0 Å². The SMILES string of the molecule is COc1cc(C)cc2c1C(=O)C1=CC[C@H](OC)[C@@H](O[Si](C)(C)C(C)(C)C)[C@]1(C)O2. The molecule has 0 spiro atoms. The Morgan fingerprint density at radius 3 is 2.41 bits per heavy atom. The van der Waals surface area contributed by atoms with Gasteiger partial charge in [0.05, 0.1) is 13.2 Å². The van der Waals surface area contributed by atoms with Crippen molar-refractivity contribution in [1.82, 2.24) is 0 Å². The number of ether oxygens (including phenoxy) is 3. The number of carbonyl (C=O) groups excluding carboxylic acids is 1. The van der Waals surface area contributed by atoms with Crippen LogP contribution >= 0.6 is 0 Å². The second-order valence-corrected chi connectivity index (χ2v) is 14.6. The molecule has 0 fully saturated rings. The van der Waals surface area contributed by atoms with Crippen molar-refractivity contribution in [3.8, 4) is 11.5 Å². The van der Waals surface area contributed by atoms with Crippen LogP contribution in [0.15, 0.2) is 23.8 Å². The van der Waals surface area contributed by atoms with Gasteiger partial charge in [0, 0.05) is 12.7 Å². The van der Waals surface area contributed by atoms with Crippen molar-refractivity contribution >= 4 is 14.1 Å². The Balaban J connectivity index is 2.13. The summed E-state index contributed by atoms with van der Waals surface area (Å²) >= 11 is 0. The van der Waals surface area contributed by atoms with Gasteiger partial charge < -0.3 is 18.6 Å². The molecule has 160 valence electrons. The average molecular weight is 419 g/mol. The highest BCUT2D eigenvalue weighted by molar-refractivity contribution is 6.74. The first-order valence-electron chi connectivity index (χ1n) is 10.2. The monoisotopic (exact) mass is 418 g/mol. The minimum absolute atomic E-state index is 0.0272. The first kappa shape index (κ1) is 22.1. The molecule has 29 heavy (non-hydrogen) atoms. The first-order valence-corrected chi connectivity index (χ1v) is 13.1. The minimum atomic E-state index is -2.14. The lowest BCUT2D eigenvalue weighted by Crippen LogP contribution is -2.62. The molecule has 1 aliphatic heterocycles. The molecule has 0 radical (unpaired) electrons. The maximum atomic E-state index is 13.5. The second-order valence-electron chi connectivity index (χ2n) is 9.80. The van der Waals surface area contributed by atoms with E-state index in [2.05, 4.69) is 33.9 Å². The van der Waals surface area contributed by atoms with E-state index in [0.29, 0.717) is 29.1 Å². The lowest BCUT2D eigenvalue weighted by Gasteiger charge is -2.51. The summed E-state index contributed by atoms with van der Waals surface area (Å²) in [5.41, 5.74) is 1.18. The van der Waals surface area contributed by atoms with E-state index in [1.165, 1.54) is 0 Å². The van der Waals surface area contributed by atoms with E-state index < -0.39 is 13.9 Å². The zero-order chi connectivity index (χ0) is 21.8. The molecule has 3 atom stereocenters. The van der Waals surface area contributed by atoms with Crippen molar-refractivity contribution in [2.45, 2.75) is 77.0 Å². The zero-order valence-corrected chi connectivity index (χ0v) is 20.1. The molecule has 0 bridgehead atoms. The predicted molar refractivity (Wildman–Crippen MR) is 117 cm³/mol. The van der Waals surface area contributed by atoms with Gasteiger partial charge in [-0.1, -0.05) is 26.8 Å². The number of fused-ring (bicyclic) bond motifs is 2. The molecule has 0 amide bonds. The Labute approximate surface area is 175 Å². The number of methoxy groups -OCH3 is 2. The summed E-state index contributed by atoms with van der Waals surface area (Å²) in [4.78, 5) is 13.5. The van der Waals surface area contributed by atoms with E-state index in [9.17, 15) is 4.79 Å². The third-order valence-electron chi connectivity index (χ3n) is 6.72. The molecule has 5 nitrogen and oxygen atoms in total. The maximum Gasteiger partial charge on any atom is 0.200 e. The van der Waals surface area contributed by atoms with Crippen LogP contribution in [-0.2, 0) is 9.16 Å². The third-order valence-corrected chi connectivity index (χ3v) is 11.2. The summed E-state index contributed by atoms with van der Waals surface area (Å²) in [5.74, 6) is 1.04. The normalized spacial score (nSPS) is 26.9. The smallest absolute Gasteiger partial charge is 0.200 e. The van der Waals surface area contributed by atoms with E-state index in [1.807, 2.05) is 32.1 Å². The first-order chi connectivity index (χ1) is 13.4. The fourth-order valence-electron chi connectivity index (χ4n) is 3.95.